The van der Waals surface area contributed by atoms with Gasteiger partial charge < -0.3 is 14.5 Å². The first kappa shape index (κ1) is 19.3. The van der Waals surface area contributed by atoms with E-state index in [0.29, 0.717) is 35.0 Å². The number of nitrogens with zero attached hydrogens (tertiary/aromatic N) is 4. The molecular weight excluding hydrogens is 398 g/mol. The normalized spacial score (nSPS) is 15.0. The van der Waals surface area contributed by atoms with Crippen molar-refractivity contribution in [2.24, 2.45) is 13.0 Å². The summed E-state index contributed by atoms with van der Waals surface area (Å²) in [7, 11) is 4.68. The van der Waals surface area contributed by atoms with E-state index in [-0.39, 0.29) is 23.1 Å². The maximum Gasteiger partial charge on any atom is 0.332 e. The molecule has 1 atom stereocenters. The standard InChI is InChI=1S/C22H23N5O4/c1-10(2)9-27-20-18(21(28)26(3)22(27)29)24-19(25-20)16-12-6-11-7-14(30-4)15(31-5)8-13(11)23-17(12)16/h6-8,10,16H,9H2,1-5H3,(H,24,25). The van der Waals surface area contributed by atoms with Gasteiger partial charge in [-0.25, -0.2) is 9.78 Å². The summed E-state index contributed by atoms with van der Waals surface area (Å²) in [5.74, 6) is 1.97. The number of H-pyrrole nitrogens is 1. The Balaban J connectivity index is 1.64. The van der Waals surface area contributed by atoms with E-state index in [1.165, 1.54) is 7.05 Å². The van der Waals surface area contributed by atoms with Crippen molar-refractivity contribution in [3.8, 4) is 11.5 Å². The molecule has 9 nitrogen and oxygen atoms in total. The SMILES string of the molecule is COc1cc2cc3c(nc2cc1OC)C3c1nc2c([nH]1)c(=O)n(C)c(=O)n2CC(C)C. The van der Waals surface area contributed by atoms with E-state index in [0.717, 1.165) is 26.7 Å². The summed E-state index contributed by atoms with van der Waals surface area (Å²) >= 11 is 0. The minimum Gasteiger partial charge on any atom is -0.493 e. The third-order valence-electron chi connectivity index (χ3n) is 5.70. The molecule has 1 aliphatic rings. The molecule has 0 fully saturated rings. The summed E-state index contributed by atoms with van der Waals surface area (Å²) in [6.45, 7) is 4.52. The van der Waals surface area contributed by atoms with E-state index in [2.05, 4.69) is 16.0 Å². The average Bonchev–Trinajstić information content (AvgIpc) is 3.27. The third kappa shape index (κ3) is 2.83. The maximum absolute atomic E-state index is 12.7. The molecule has 5 rings (SSSR count). The van der Waals surface area contributed by atoms with Crippen LogP contribution in [-0.4, -0.2) is 38.3 Å². The van der Waals surface area contributed by atoms with Crippen molar-refractivity contribution in [2.75, 3.05) is 14.2 Å². The molecular formula is C22H23N5O4. The molecule has 0 spiro atoms. The number of imidazole rings is 1. The number of aromatic nitrogens is 5. The summed E-state index contributed by atoms with van der Waals surface area (Å²) in [6, 6.07) is 5.79. The molecule has 1 N–H and O–H groups in total. The first-order valence-corrected chi connectivity index (χ1v) is 10.1. The zero-order chi connectivity index (χ0) is 22.0. The fourth-order valence-electron chi connectivity index (χ4n) is 4.10. The molecule has 3 aromatic heterocycles. The highest BCUT2D eigenvalue weighted by Gasteiger charge is 2.40. The van der Waals surface area contributed by atoms with Crippen LogP contribution in [0.4, 0.5) is 0 Å². The van der Waals surface area contributed by atoms with Crippen molar-refractivity contribution in [1.82, 2.24) is 24.1 Å². The number of aromatic amines is 1. The number of benzene rings is 1. The monoisotopic (exact) mass is 421 g/mol. The van der Waals surface area contributed by atoms with E-state index in [1.807, 2.05) is 26.0 Å². The highest BCUT2D eigenvalue weighted by atomic mass is 16.5. The Bertz CT molecular complexity index is 1430. The Morgan fingerprint density at radius 2 is 1.81 bits per heavy atom. The first-order valence-electron chi connectivity index (χ1n) is 10.1. The van der Waals surface area contributed by atoms with Gasteiger partial charge in [-0.05, 0) is 23.6 Å². The van der Waals surface area contributed by atoms with Gasteiger partial charge in [-0.2, -0.15) is 0 Å². The number of fused-ring (bicyclic) bond motifs is 3. The molecule has 0 bridgehead atoms. The Morgan fingerprint density at radius 3 is 2.48 bits per heavy atom. The van der Waals surface area contributed by atoms with Crippen LogP contribution in [0.1, 0.15) is 36.8 Å². The lowest BCUT2D eigenvalue weighted by Crippen LogP contribution is -2.38. The summed E-state index contributed by atoms with van der Waals surface area (Å²) in [4.78, 5) is 37.9. The van der Waals surface area contributed by atoms with Gasteiger partial charge >= 0.3 is 5.69 Å². The van der Waals surface area contributed by atoms with Crippen LogP contribution in [0.5, 0.6) is 11.5 Å². The molecule has 0 aliphatic heterocycles. The van der Waals surface area contributed by atoms with Crippen LogP contribution >= 0.6 is 0 Å². The number of ether oxygens (including phenoxy) is 2. The van der Waals surface area contributed by atoms with E-state index in [4.69, 9.17) is 14.5 Å². The fourth-order valence-corrected chi connectivity index (χ4v) is 4.10. The highest BCUT2D eigenvalue weighted by Crippen LogP contribution is 2.48. The van der Waals surface area contributed by atoms with Crippen molar-refractivity contribution in [2.45, 2.75) is 26.3 Å². The Morgan fingerprint density at radius 1 is 1.10 bits per heavy atom. The second-order valence-electron chi connectivity index (χ2n) is 8.27. The lowest BCUT2D eigenvalue weighted by atomic mass is 10.2. The van der Waals surface area contributed by atoms with Gasteiger partial charge in [-0.3, -0.25) is 18.9 Å². The van der Waals surface area contributed by atoms with Gasteiger partial charge in [-0.15, -0.1) is 0 Å². The summed E-state index contributed by atoms with van der Waals surface area (Å²) in [6.07, 6.45) is 0. The van der Waals surface area contributed by atoms with Crippen LogP contribution in [0.2, 0.25) is 0 Å². The minimum atomic E-state index is -0.379. The molecule has 160 valence electrons. The Kier molecular flexibility index (Phi) is 4.18. The van der Waals surface area contributed by atoms with Gasteiger partial charge in [0.05, 0.1) is 31.3 Å². The number of hydrogen-bond acceptors (Lipinski definition) is 6. The molecule has 0 amide bonds. The highest BCUT2D eigenvalue weighted by molar-refractivity contribution is 5.86. The van der Waals surface area contributed by atoms with Crippen LogP contribution in [0.25, 0.3) is 22.1 Å². The van der Waals surface area contributed by atoms with Crippen LogP contribution < -0.4 is 20.7 Å². The van der Waals surface area contributed by atoms with Crippen molar-refractivity contribution in [3.63, 3.8) is 0 Å². The zero-order valence-electron chi connectivity index (χ0n) is 18.0. The van der Waals surface area contributed by atoms with E-state index >= 15 is 0 Å². The second kappa shape index (κ2) is 6.69. The van der Waals surface area contributed by atoms with Crippen molar-refractivity contribution in [3.05, 3.63) is 56.1 Å². The molecule has 1 aliphatic carbocycles. The van der Waals surface area contributed by atoms with E-state index in [1.54, 1.807) is 18.8 Å². The number of nitrogens with one attached hydrogen (secondary N) is 1. The molecule has 31 heavy (non-hydrogen) atoms. The minimum absolute atomic E-state index is 0.135. The predicted octanol–water partition coefficient (Wildman–Crippen LogP) is 2.14. The van der Waals surface area contributed by atoms with Gasteiger partial charge in [0, 0.05) is 25.0 Å². The average molecular weight is 421 g/mol. The van der Waals surface area contributed by atoms with Crippen molar-refractivity contribution < 1.29 is 9.47 Å². The summed E-state index contributed by atoms with van der Waals surface area (Å²) in [5, 5.41) is 0.933. The molecule has 4 aromatic rings. The largest absolute Gasteiger partial charge is 0.493 e. The number of hydrogen-bond donors (Lipinski definition) is 1. The van der Waals surface area contributed by atoms with Crippen LogP contribution in [0.15, 0.2) is 27.8 Å². The van der Waals surface area contributed by atoms with E-state index in [9.17, 15) is 9.59 Å². The fraction of sp³-hybridized carbons (Fsp3) is 0.364. The second-order valence-corrected chi connectivity index (χ2v) is 8.27. The van der Waals surface area contributed by atoms with E-state index < -0.39 is 0 Å². The van der Waals surface area contributed by atoms with Gasteiger partial charge in [0.15, 0.2) is 17.1 Å². The van der Waals surface area contributed by atoms with Crippen LogP contribution in [0.3, 0.4) is 0 Å². The number of methoxy groups -OCH3 is 2. The van der Waals surface area contributed by atoms with Gasteiger partial charge in [-0.1, -0.05) is 13.8 Å². The zero-order valence-corrected chi connectivity index (χ0v) is 18.0. The molecule has 0 saturated carbocycles. The molecule has 3 heterocycles. The number of pyridine rings is 1. The summed E-state index contributed by atoms with van der Waals surface area (Å²) in [5.41, 5.74) is 2.71. The molecule has 1 unspecified atom stereocenters. The first-order chi connectivity index (χ1) is 14.8. The molecule has 0 radical (unpaired) electrons. The lowest BCUT2D eigenvalue weighted by Gasteiger charge is -2.10. The lowest BCUT2D eigenvalue weighted by molar-refractivity contribution is 0.356. The van der Waals surface area contributed by atoms with Crippen molar-refractivity contribution in [1.29, 1.82) is 0 Å². The van der Waals surface area contributed by atoms with Crippen molar-refractivity contribution >= 4 is 22.1 Å². The Hall–Kier alpha value is -3.62. The predicted molar refractivity (Wildman–Crippen MR) is 116 cm³/mol. The molecule has 1 aromatic carbocycles. The number of rotatable bonds is 5. The Labute approximate surface area is 177 Å². The maximum atomic E-state index is 12.7. The van der Waals surface area contributed by atoms with Crippen LogP contribution in [-0.2, 0) is 13.6 Å². The topological polar surface area (TPSA) is 104 Å². The molecule has 0 saturated heterocycles. The van der Waals surface area contributed by atoms with Gasteiger partial charge in [0.25, 0.3) is 5.56 Å². The van der Waals surface area contributed by atoms with Gasteiger partial charge in [0.2, 0.25) is 0 Å². The summed E-state index contributed by atoms with van der Waals surface area (Å²) < 4.78 is 13.5. The quantitative estimate of drug-likeness (QED) is 0.466. The smallest absolute Gasteiger partial charge is 0.332 e. The molecule has 9 heteroatoms. The third-order valence-corrected chi connectivity index (χ3v) is 5.70. The van der Waals surface area contributed by atoms with Gasteiger partial charge in [0.1, 0.15) is 11.3 Å². The van der Waals surface area contributed by atoms with Crippen LogP contribution in [0, 0.1) is 5.92 Å².